The molecule has 2 heterocycles. The Hall–Kier alpha value is -4.75. The summed E-state index contributed by atoms with van der Waals surface area (Å²) in [6.07, 6.45) is 1.40. The van der Waals surface area contributed by atoms with Gasteiger partial charge in [-0.25, -0.2) is 0 Å². The maximum Gasteiger partial charge on any atom is 0.286 e. The summed E-state index contributed by atoms with van der Waals surface area (Å²) in [6.45, 7) is 0. The summed E-state index contributed by atoms with van der Waals surface area (Å²) in [4.78, 5) is 13.5. The Labute approximate surface area is 193 Å². The van der Waals surface area contributed by atoms with Crippen LogP contribution in [0.2, 0.25) is 0 Å². The number of nitrogens with zero attached hydrogens (tertiary/aromatic N) is 4. The number of amidine groups is 1. The standard InChI is InChI=1S/C24H15N5O4S/c25-13-15-6-5-7-16(12-15)14-26-29-19-10-3-1-8-17(19)22(30)21(24(29)31)23-27-18-9-2-4-11-20(18)34(32,33)28-23/h1-12,14,30H,(H,27,28). The molecule has 0 unspecified atom stereocenters. The second-order valence-corrected chi connectivity index (χ2v) is 8.95. The highest BCUT2D eigenvalue weighted by atomic mass is 32.2. The molecule has 0 radical (unpaired) electrons. The molecule has 1 aromatic heterocycles. The van der Waals surface area contributed by atoms with Crippen molar-refractivity contribution in [3.05, 3.63) is 99.8 Å². The number of pyridine rings is 1. The van der Waals surface area contributed by atoms with Gasteiger partial charge in [-0.3, -0.25) is 4.79 Å². The monoisotopic (exact) mass is 469 g/mol. The molecule has 1 aliphatic rings. The van der Waals surface area contributed by atoms with Crippen LogP contribution in [-0.4, -0.2) is 30.3 Å². The number of benzene rings is 3. The number of fused-ring (bicyclic) bond motifs is 2. The first kappa shape index (κ1) is 21.1. The topological polar surface area (TPSA) is 137 Å². The third-order valence-corrected chi connectivity index (χ3v) is 6.57. The Morgan fingerprint density at radius 1 is 1.06 bits per heavy atom. The Kier molecular flexibility index (Phi) is 4.96. The molecule has 0 fully saturated rings. The molecule has 2 N–H and O–H groups in total. The molecule has 0 aliphatic carbocycles. The second kappa shape index (κ2) is 7.99. The third-order valence-electron chi connectivity index (χ3n) is 5.23. The number of hydrogen-bond acceptors (Lipinski definition) is 7. The highest BCUT2D eigenvalue weighted by molar-refractivity contribution is 7.90. The Morgan fingerprint density at radius 3 is 2.65 bits per heavy atom. The number of nitrogens with one attached hydrogen (secondary N) is 1. The van der Waals surface area contributed by atoms with Gasteiger partial charge < -0.3 is 10.4 Å². The lowest BCUT2D eigenvalue weighted by molar-refractivity contribution is 0.478. The first-order valence-electron chi connectivity index (χ1n) is 10.0. The van der Waals surface area contributed by atoms with E-state index < -0.39 is 21.3 Å². The van der Waals surface area contributed by atoms with E-state index in [1.54, 1.807) is 66.7 Å². The van der Waals surface area contributed by atoms with Crippen molar-refractivity contribution in [2.75, 3.05) is 5.32 Å². The fraction of sp³-hybridized carbons (Fsp3) is 0. The molecular weight excluding hydrogens is 454 g/mol. The Balaban J connectivity index is 1.74. The van der Waals surface area contributed by atoms with Crippen LogP contribution in [0.4, 0.5) is 5.69 Å². The van der Waals surface area contributed by atoms with Gasteiger partial charge in [-0.2, -0.15) is 23.5 Å². The zero-order valence-electron chi connectivity index (χ0n) is 17.4. The summed E-state index contributed by atoms with van der Waals surface area (Å²) in [7, 11) is -4.10. The van der Waals surface area contributed by atoms with Crippen molar-refractivity contribution in [1.29, 1.82) is 5.26 Å². The highest BCUT2D eigenvalue weighted by Crippen LogP contribution is 2.32. The van der Waals surface area contributed by atoms with Gasteiger partial charge in [0.25, 0.3) is 15.6 Å². The van der Waals surface area contributed by atoms with E-state index in [1.807, 2.05) is 6.07 Å². The lowest BCUT2D eigenvalue weighted by atomic mass is 10.1. The number of sulfonamides is 1. The average molecular weight is 469 g/mol. The molecule has 0 saturated heterocycles. The van der Waals surface area contributed by atoms with Gasteiger partial charge in [-0.1, -0.05) is 36.4 Å². The maximum atomic E-state index is 13.5. The van der Waals surface area contributed by atoms with E-state index in [0.29, 0.717) is 16.6 Å². The van der Waals surface area contributed by atoms with Crippen LogP contribution >= 0.6 is 0 Å². The molecule has 0 saturated carbocycles. The zero-order valence-corrected chi connectivity index (χ0v) is 18.2. The van der Waals surface area contributed by atoms with Gasteiger partial charge in [0.2, 0.25) is 0 Å². The summed E-state index contributed by atoms with van der Waals surface area (Å²) in [5.74, 6) is -0.721. The summed E-state index contributed by atoms with van der Waals surface area (Å²) in [5.41, 5.74) is 0.444. The molecule has 1 aliphatic heterocycles. The number of nitriles is 1. The summed E-state index contributed by atoms with van der Waals surface area (Å²) >= 11 is 0. The molecule has 3 aromatic carbocycles. The van der Waals surface area contributed by atoms with Crippen molar-refractivity contribution >= 4 is 38.7 Å². The zero-order chi connectivity index (χ0) is 23.9. The number of hydrogen-bond donors (Lipinski definition) is 2. The van der Waals surface area contributed by atoms with Crippen LogP contribution in [0.3, 0.4) is 0 Å². The van der Waals surface area contributed by atoms with Crippen molar-refractivity contribution < 1.29 is 13.5 Å². The van der Waals surface area contributed by atoms with Gasteiger partial charge in [0.1, 0.15) is 16.2 Å². The van der Waals surface area contributed by atoms with E-state index in [0.717, 1.165) is 4.68 Å². The van der Waals surface area contributed by atoms with Crippen molar-refractivity contribution in [3.63, 3.8) is 0 Å². The van der Waals surface area contributed by atoms with Crippen molar-refractivity contribution in [2.24, 2.45) is 9.50 Å². The number of para-hydroxylation sites is 2. The Bertz CT molecular complexity index is 1750. The molecule has 34 heavy (non-hydrogen) atoms. The van der Waals surface area contributed by atoms with Gasteiger partial charge in [-0.05, 0) is 42.0 Å². The van der Waals surface area contributed by atoms with Crippen LogP contribution in [0.5, 0.6) is 5.75 Å². The maximum absolute atomic E-state index is 13.5. The molecule has 9 nitrogen and oxygen atoms in total. The predicted octanol–water partition coefficient (Wildman–Crippen LogP) is 3.02. The molecule has 166 valence electrons. The number of aromatic hydroxyl groups is 1. The quantitative estimate of drug-likeness (QED) is 0.443. The molecule has 4 aromatic rings. The molecule has 5 rings (SSSR count). The largest absolute Gasteiger partial charge is 0.506 e. The lowest BCUT2D eigenvalue weighted by Crippen LogP contribution is -2.31. The molecule has 10 heteroatoms. The SMILES string of the molecule is N#Cc1cccc(C=Nn2c(=O)c(C3=NS(=O)(=O)c4ccccc4N3)c(O)c3ccccc32)c1. The average Bonchev–Trinajstić information content (AvgIpc) is 2.84. The Morgan fingerprint density at radius 2 is 1.82 bits per heavy atom. The van der Waals surface area contributed by atoms with Crippen LogP contribution in [0.15, 0.2) is 92.0 Å². The van der Waals surface area contributed by atoms with E-state index in [2.05, 4.69) is 14.8 Å². The third kappa shape index (κ3) is 3.50. The first-order valence-corrected chi connectivity index (χ1v) is 11.5. The van der Waals surface area contributed by atoms with Gasteiger partial charge in [0, 0.05) is 5.39 Å². The minimum absolute atomic E-state index is 0.0326. The van der Waals surface area contributed by atoms with Crippen molar-refractivity contribution in [2.45, 2.75) is 4.90 Å². The van der Waals surface area contributed by atoms with Crippen molar-refractivity contribution in [3.8, 4) is 11.8 Å². The van der Waals surface area contributed by atoms with Gasteiger partial charge in [0.05, 0.1) is 29.1 Å². The molecular formula is C24H15N5O4S. The van der Waals surface area contributed by atoms with Gasteiger partial charge in [0.15, 0.2) is 5.84 Å². The second-order valence-electron chi connectivity index (χ2n) is 7.38. The summed E-state index contributed by atoms with van der Waals surface area (Å²) < 4.78 is 30.3. The minimum Gasteiger partial charge on any atom is -0.506 e. The number of aromatic nitrogens is 1. The molecule has 0 atom stereocenters. The van der Waals surface area contributed by atoms with Gasteiger partial charge >= 0.3 is 0 Å². The fourth-order valence-corrected chi connectivity index (χ4v) is 4.80. The van der Waals surface area contributed by atoms with Crippen LogP contribution in [-0.2, 0) is 10.0 Å². The van der Waals surface area contributed by atoms with E-state index in [-0.39, 0.29) is 27.4 Å². The summed E-state index contributed by atoms with van der Waals surface area (Å²) in [5, 5.41) is 27.5. The van der Waals surface area contributed by atoms with Crippen LogP contribution in [0, 0.1) is 11.3 Å². The van der Waals surface area contributed by atoms with Gasteiger partial charge in [-0.15, -0.1) is 4.40 Å². The number of rotatable bonds is 3. The summed E-state index contributed by atoms with van der Waals surface area (Å²) in [6, 6.07) is 21.4. The van der Waals surface area contributed by atoms with Crippen LogP contribution < -0.4 is 10.9 Å². The smallest absolute Gasteiger partial charge is 0.286 e. The fourth-order valence-electron chi connectivity index (χ4n) is 3.67. The van der Waals surface area contributed by atoms with Crippen molar-refractivity contribution in [1.82, 2.24) is 4.68 Å². The normalized spacial score (nSPS) is 14.3. The predicted molar refractivity (Wildman–Crippen MR) is 128 cm³/mol. The van der Waals surface area contributed by atoms with Crippen LogP contribution in [0.1, 0.15) is 16.7 Å². The van der Waals surface area contributed by atoms with E-state index >= 15 is 0 Å². The number of anilines is 1. The first-order chi connectivity index (χ1) is 16.4. The molecule has 0 spiro atoms. The molecule has 0 bridgehead atoms. The highest BCUT2D eigenvalue weighted by Gasteiger charge is 2.29. The van der Waals surface area contributed by atoms with Crippen LogP contribution in [0.25, 0.3) is 10.9 Å². The van der Waals surface area contributed by atoms with E-state index in [9.17, 15) is 18.3 Å². The van der Waals surface area contributed by atoms with E-state index in [4.69, 9.17) is 5.26 Å². The van der Waals surface area contributed by atoms with E-state index in [1.165, 1.54) is 12.3 Å². The lowest BCUT2D eigenvalue weighted by Gasteiger charge is -2.19. The molecule has 0 amide bonds. The minimum atomic E-state index is -4.10.